The summed E-state index contributed by atoms with van der Waals surface area (Å²) in [5.74, 6) is 3.20. The number of terminal acetylenes is 1. The lowest BCUT2D eigenvalue weighted by molar-refractivity contribution is 0.265. The van der Waals surface area contributed by atoms with Crippen molar-refractivity contribution in [1.29, 1.82) is 0 Å². The van der Waals surface area contributed by atoms with Crippen molar-refractivity contribution in [1.82, 2.24) is 0 Å². The Balaban J connectivity index is 2.60. The summed E-state index contributed by atoms with van der Waals surface area (Å²) in [6.07, 6.45) is 5.67. The fourth-order valence-corrected chi connectivity index (χ4v) is 0.995. The molecule has 0 bridgehead atoms. The van der Waals surface area contributed by atoms with Crippen molar-refractivity contribution in [3.63, 3.8) is 0 Å². The Bertz CT molecular complexity index is 299. The molecule has 0 heterocycles. The summed E-state index contributed by atoms with van der Waals surface area (Å²) in [6, 6.07) is 7.37. The van der Waals surface area contributed by atoms with E-state index in [0.29, 0.717) is 18.8 Å². The van der Waals surface area contributed by atoms with Crippen LogP contribution in [-0.4, -0.2) is 11.7 Å². The van der Waals surface area contributed by atoms with E-state index in [0.717, 1.165) is 5.56 Å². The van der Waals surface area contributed by atoms with Crippen molar-refractivity contribution in [2.24, 2.45) is 0 Å². The Labute approximate surface area is 78.2 Å². The molecular weight excluding hydrogens is 164 g/mol. The average molecular weight is 176 g/mol. The zero-order chi connectivity index (χ0) is 9.52. The average Bonchev–Trinajstić information content (AvgIpc) is 2.19. The van der Waals surface area contributed by atoms with Crippen molar-refractivity contribution >= 4 is 0 Å². The maximum absolute atomic E-state index is 8.95. The molecule has 0 aliphatic heterocycles. The van der Waals surface area contributed by atoms with Crippen LogP contribution in [0.4, 0.5) is 0 Å². The van der Waals surface area contributed by atoms with Gasteiger partial charge in [0.15, 0.2) is 0 Å². The van der Waals surface area contributed by atoms with Crippen LogP contribution in [0, 0.1) is 12.3 Å². The Morgan fingerprint density at radius 1 is 1.38 bits per heavy atom. The largest absolute Gasteiger partial charge is 0.492 e. The first-order chi connectivity index (χ1) is 6.38. The second kappa shape index (κ2) is 5.23. The minimum absolute atomic E-state index is 0.00771. The van der Waals surface area contributed by atoms with Crippen LogP contribution >= 0.6 is 0 Å². The highest BCUT2D eigenvalue weighted by Gasteiger charge is 1.99. The van der Waals surface area contributed by atoms with Crippen LogP contribution < -0.4 is 4.74 Å². The van der Waals surface area contributed by atoms with Gasteiger partial charge in [-0.05, 0) is 6.07 Å². The molecule has 68 valence electrons. The van der Waals surface area contributed by atoms with Crippen LogP contribution in [0.1, 0.15) is 12.0 Å². The predicted octanol–water partition coefficient (Wildman–Crippen LogP) is 1.58. The topological polar surface area (TPSA) is 29.5 Å². The zero-order valence-electron chi connectivity index (χ0n) is 7.36. The second-order valence-corrected chi connectivity index (χ2v) is 2.57. The number of aliphatic hydroxyl groups is 1. The summed E-state index contributed by atoms with van der Waals surface area (Å²) < 4.78 is 5.37. The molecule has 2 nitrogen and oxygen atoms in total. The summed E-state index contributed by atoms with van der Waals surface area (Å²) in [5.41, 5.74) is 0.791. The van der Waals surface area contributed by atoms with Crippen molar-refractivity contribution < 1.29 is 9.84 Å². The van der Waals surface area contributed by atoms with E-state index < -0.39 is 0 Å². The van der Waals surface area contributed by atoms with Crippen LogP contribution in [0.25, 0.3) is 0 Å². The Hall–Kier alpha value is -1.46. The van der Waals surface area contributed by atoms with Gasteiger partial charge in [0, 0.05) is 12.0 Å². The van der Waals surface area contributed by atoms with E-state index in [2.05, 4.69) is 5.92 Å². The first-order valence-electron chi connectivity index (χ1n) is 4.13. The lowest BCUT2D eigenvalue weighted by Gasteiger charge is -2.07. The number of para-hydroxylation sites is 1. The SMILES string of the molecule is C#CCCOc1ccccc1CO. The van der Waals surface area contributed by atoms with Crippen LogP contribution in [0.3, 0.4) is 0 Å². The third-order valence-electron chi connectivity index (χ3n) is 1.65. The van der Waals surface area contributed by atoms with E-state index in [4.69, 9.17) is 16.3 Å². The number of ether oxygens (including phenoxy) is 1. The fraction of sp³-hybridized carbons (Fsp3) is 0.273. The smallest absolute Gasteiger partial charge is 0.124 e. The molecule has 1 N–H and O–H groups in total. The normalized spacial score (nSPS) is 9.23. The van der Waals surface area contributed by atoms with E-state index in [-0.39, 0.29) is 6.61 Å². The molecular formula is C11H12O2. The lowest BCUT2D eigenvalue weighted by atomic mass is 10.2. The molecule has 0 spiro atoms. The fourth-order valence-electron chi connectivity index (χ4n) is 0.995. The third kappa shape index (κ3) is 2.81. The van der Waals surface area contributed by atoms with Gasteiger partial charge in [-0.1, -0.05) is 18.2 Å². The molecule has 0 aliphatic rings. The molecule has 0 aromatic heterocycles. The number of benzene rings is 1. The van der Waals surface area contributed by atoms with Crippen molar-refractivity contribution in [3.8, 4) is 18.1 Å². The molecule has 0 saturated heterocycles. The molecule has 0 fully saturated rings. The van der Waals surface area contributed by atoms with Crippen LogP contribution in [0.15, 0.2) is 24.3 Å². The van der Waals surface area contributed by atoms with Crippen molar-refractivity contribution in [2.75, 3.05) is 6.61 Å². The molecule has 2 heteroatoms. The van der Waals surface area contributed by atoms with Gasteiger partial charge in [0.2, 0.25) is 0 Å². The second-order valence-electron chi connectivity index (χ2n) is 2.57. The quantitative estimate of drug-likeness (QED) is 0.557. The highest BCUT2D eigenvalue weighted by atomic mass is 16.5. The van der Waals surface area contributed by atoms with Gasteiger partial charge in [-0.25, -0.2) is 0 Å². The number of hydrogen-bond acceptors (Lipinski definition) is 2. The van der Waals surface area contributed by atoms with Crippen molar-refractivity contribution in [3.05, 3.63) is 29.8 Å². The highest BCUT2D eigenvalue weighted by Crippen LogP contribution is 2.17. The molecule has 1 rings (SSSR count). The number of rotatable bonds is 4. The molecule has 0 amide bonds. The molecule has 0 radical (unpaired) electrons. The van der Waals surface area contributed by atoms with Crippen molar-refractivity contribution in [2.45, 2.75) is 13.0 Å². The first-order valence-corrected chi connectivity index (χ1v) is 4.13. The van der Waals surface area contributed by atoms with Crippen LogP contribution in [0.2, 0.25) is 0 Å². The van der Waals surface area contributed by atoms with Crippen LogP contribution in [0.5, 0.6) is 5.75 Å². The summed E-state index contributed by atoms with van der Waals surface area (Å²) in [6.45, 7) is 0.486. The maximum atomic E-state index is 8.95. The molecule has 0 atom stereocenters. The lowest BCUT2D eigenvalue weighted by Crippen LogP contribution is -1.98. The molecule has 0 saturated carbocycles. The standard InChI is InChI=1S/C11H12O2/c1-2-3-8-13-11-7-5-4-6-10(11)9-12/h1,4-7,12H,3,8-9H2. The van der Waals surface area contributed by atoms with E-state index >= 15 is 0 Å². The van der Waals surface area contributed by atoms with Gasteiger partial charge in [0.1, 0.15) is 5.75 Å². The van der Waals surface area contributed by atoms with Gasteiger partial charge >= 0.3 is 0 Å². The monoisotopic (exact) mass is 176 g/mol. The highest BCUT2D eigenvalue weighted by molar-refractivity contribution is 5.32. The first kappa shape index (κ1) is 9.63. The molecule has 1 aromatic carbocycles. The van der Waals surface area contributed by atoms with E-state index in [1.807, 2.05) is 24.3 Å². The van der Waals surface area contributed by atoms with E-state index in [1.54, 1.807) is 0 Å². The summed E-state index contributed by atoms with van der Waals surface area (Å²) in [5, 5.41) is 8.95. The van der Waals surface area contributed by atoms with Gasteiger partial charge in [-0.3, -0.25) is 0 Å². The molecule has 0 unspecified atom stereocenters. The third-order valence-corrected chi connectivity index (χ3v) is 1.65. The van der Waals surface area contributed by atoms with E-state index in [9.17, 15) is 0 Å². The van der Waals surface area contributed by atoms with Gasteiger partial charge in [-0.2, -0.15) is 0 Å². The minimum Gasteiger partial charge on any atom is -0.492 e. The van der Waals surface area contributed by atoms with Gasteiger partial charge < -0.3 is 9.84 Å². The van der Waals surface area contributed by atoms with Crippen LogP contribution in [-0.2, 0) is 6.61 Å². The Morgan fingerprint density at radius 2 is 2.15 bits per heavy atom. The van der Waals surface area contributed by atoms with Gasteiger partial charge in [0.25, 0.3) is 0 Å². The van der Waals surface area contributed by atoms with E-state index in [1.165, 1.54) is 0 Å². The molecule has 0 aliphatic carbocycles. The molecule has 13 heavy (non-hydrogen) atoms. The van der Waals surface area contributed by atoms with Gasteiger partial charge in [-0.15, -0.1) is 12.3 Å². The Morgan fingerprint density at radius 3 is 2.85 bits per heavy atom. The molecule has 1 aromatic rings. The summed E-state index contributed by atoms with van der Waals surface area (Å²) >= 11 is 0. The predicted molar refractivity (Wildman–Crippen MR) is 51.3 cm³/mol. The number of aliphatic hydroxyl groups excluding tert-OH is 1. The van der Waals surface area contributed by atoms with Gasteiger partial charge in [0.05, 0.1) is 13.2 Å². The summed E-state index contributed by atoms with van der Waals surface area (Å²) in [4.78, 5) is 0. The number of hydrogen-bond donors (Lipinski definition) is 1. The Kier molecular flexibility index (Phi) is 3.87. The summed E-state index contributed by atoms with van der Waals surface area (Å²) in [7, 11) is 0. The maximum Gasteiger partial charge on any atom is 0.124 e. The minimum atomic E-state index is -0.00771. The zero-order valence-corrected chi connectivity index (χ0v) is 7.36.